The van der Waals surface area contributed by atoms with Crippen LogP contribution in [0.4, 0.5) is 15.8 Å². The molecule has 5 aromatic rings. The first-order valence-corrected chi connectivity index (χ1v) is 12.9. The number of pyridine rings is 2. The van der Waals surface area contributed by atoms with E-state index in [1.807, 2.05) is 6.07 Å². The largest absolute Gasteiger partial charge is 0.496 e. The maximum atomic E-state index is 13.2. The van der Waals surface area contributed by atoms with Gasteiger partial charge in [-0.2, -0.15) is 0 Å². The molecule has 1 fully saturated rings. The van der Waals surface area contributed by atoms with Crippen LogP contribution in [0.5, 0.6) is 17.4 Å². The molecule has 0 saturated heterocycles. The summed E-state index contributed by atoms with van der Waals surface area (Å²) in [5.41, 5.74) is 0.831. The summed E-state index contributed by atoms with van der Waals surface area (Å²) in [4.78, 5) is 42.0. The van der Waals surface area contributed by atoms with Crippen molar-refractivity contribution >= 4 is 45.7 Å². The number of aromatic nitrogens is 4. The van der Waals surface area contributed by atoms with Crippen LogP contribution in [-0.4, -0.2) is 38.9 Å². The lowest BCUT2D eigenvalue weighted by Gasteiger charge is -2.16. The number of benzene rings is 2. The highest BCUT2D eigenvalue weighted by atomic mass is 35.5. The van der Waals surface area contributed by atoms with Crippen molar-refractivity contribution in [2.45, 2.75) is 12.8 Å². The molecule has 0 aliphatic heterocycles. The van der Waals surface area contributed by atoms with Crippen molar-refractivity contribution < 1.29 is 23.5 Å². The van der Waals surface area contributed by atoms with E-state index in [-0.39, 0.29) is 10.9 Å². The molecular formula is C29H22ClFN6O4. The number of aromatic amines is 1. The molecule has 41 heavy (non-hydrogen) atoms. The third kappa shape index (κ3) is 5.14. The number of nitrogens with one attached hydrogen (secondary N) is 3. The van der Waals surface area contributed by atoms with Crippen molar-refractivity contribution in [1.82, 2.24) is 19.9 Å². The molecule has 2 amide bonds. The molecule has 0 bridgehead atoms. The maximum Gasteiger partial charge on any atom is 0.240 e. The van der Waals surface area contributed by atoms with Gasteiger partial charge in [0.1, 0.15) is 33.6 Å². The number of fused-ring (bicyclic) bond motifs is 1. The Morgan fingerprint density at radius 2 is 1.71 bits per heavy atom. The quantitative estimate of drug-likeness (QED) is 0.195. The van der Waals surface area contributed by atoms with Gasteiger partial charge in [-0.15, -0.1) is 0 Å². The van der Waals surface area contributed by atoms with Crippen molar-refractivity contribution in [2.75, 3.05) is 17.7 Å². The molecule has 3 N–H and O–H groups in total. The fraction of sp³-hybridized carbons (Fsp3) is 0.138. The number of hydrogen-bond donors (Lipinski definition) is 3. The van der Waals surface area contributed by atoms with Gasteiger partial charge in [-0.25, -0.2) is 14.4 Å². The fourth-order valence-corrected chi connectivity index (χ4v) is 4.60. The first-order chi connectivity index (χ1) is 19.9. The average Bonchev–Trinajstić information content (AvgIpc) is 3.62. The third-order valence-corrected chi connectivity index (χ3v) is 7.04. The number of amides is 2. The topological polar surface area (TPSA) is 131 Å². The number of rotatable bonds is 8. The number of H-pyrrole nitrogens is 1. The van der Waals surface area contributed by atoms with Gasteiger partial charge < -0.3 is 25.1 Å². The fourth-order valence-electron chi connectivity index (χ4n) is 4.39. The Morgan fingerprint density at radius 3 is 2.37 bits per heavy atom. The van der Waals surface area contributed by atoms with Crippen LogP contribution in [0, 0.1) is 11.2 Å². The molecule has 3 aromatic heterocycles. The summed E-state index contributed by atoms with van der Waals surface area (Å²) in [5.74, 6) is 0.407. The number of imidazole rings is 1. The zero-order valence-corrected chi connectivity index (χ0v) is 22.3. The lowest BCUT2D eigenvalue weighted by Crippen LogP contribution is -2.35. The van der Waals surface area contributed by atoms with Gasteiger partial charge in [0.2, 0.25) is 17.7 Å². The second-order valence-electron chi connectivity index (χ2n) is 9.43. The zero-order valence-electron chi connectivity index (χ0n) is 21.6. The second-order valence-corrected chi connectivity index (χ2v) is 9.83. The number of carbonyl (C=O) groups is 2. The predicted molar refractivity (Wildman–Crippen MR) is 151 cm³/mol. The highest BCUT2D eigenvalue weighted by Crippen LogP contribution is 2.48. The van der Waals surface area contributed by atoms with Crippen LogP contribution in [0.15, 0.2) is 73.3 Å². The molecule has 0 radical (unpaired) electrons. The van der Waals surface area contributed by atoms with Crippen LogP contribution in [0.25, 0.3) is 22.3 Å². The molecule has 12 heteroatoms. The van der Waals surface area contributed by atoms with Crippen molar-refractivity contribution in [2.24, 2.45) is 5.41 Å². The van der Waals surface area contributed by atoms with E-state index in [1.54, 1.807) is 37.8 Å². The lowest BCUT2D eigenvalue weighted by atomic mass is 10.0. The van der Waals surface area contributed by atoms with Gasteiger partial charge in [0, 0.05) is 35.7 Å². The van der Waals surface area contributed by atoms with E-state index in [4.69, 9.17) is 21.1 Å². The number of hydrogen-bond acceptors (Lipinski definition) is 7. The van der Waals surface area contributed by atoms with E-state index in [0.29, 0.717) is 52.4 Å². The van der Waals surface area contributed by atoms with Crippen LogP contribution in [0.2, 0.25) is 5.02 Å². The summed E-state index contributed by atoms with van der Waals surface area (Å²) in [6.45, 7) is 0. The van der Waals surface area contributed by atoms with Gasteiger partial charge in [-0.1, -0.05) is 11.6 Å². The number of nitrogens with zero attached hydrogens (tertiary/aromatic N) is 3. The van der Waals surface area contributed by atoms with Crippen LogP contribution >= 0.6 is 11.6 Å². The van der Waals surface area contributed by atoms with Crippen LogP contribution < -0.4 is 20.1 Å². The molecule has 3 heterocycles. The molecule has 0 spiro atoms. The molecule has 10 nitrogen and oxygen atoms in total. The Morgan fingerprint density at radius 1 is 0.951 bits per heavy atom. The van der Waals surface area contributed by atoms with Crippen LogP contribution in [-0.2, 0) is 9.59 Å². The predicted octanol–water partition coefficient (Wildman–Crippen LogP) is 5.97. The van der Waals surface area contributed by atoms with E-state index in [0.717, 1.165) is 5.56 Å². The van der Waals surface area contributed by atoms with Crippen molar-refractivity contribution in [3.05, 3.63) is 84.2 Å². The van der Waals surface area contributed by atoms with E-state index < -0.39 is 23.0 Å². The minimum absolute atomic E-state index is 0.114. The van der Waals surface area contributed by atoms with E-state index in [2.05, 4.69) is 30.6 Å². The van der Waals surface area contributed by atoms with Crippen molar-refractivity contribution in [3.8, 4) is 28.8 Å². The molecule has 0 atom stereocenters. The van der Waals surface area contributed by atoms with Gasteiger partial charge in [0.25, 0.3) is 0 Å². The minimum atomic E-state index is -1.22. The number of carbonyl (C=O) groups excluding carboxylic acids is 2. The van der Waals surface area contributed by atoms with Crippen molar-refractivity contribution in [1.29, 1.82) is 0 Å². The van der Waals surface area contributed by atoms with Gasteiger partial charge >= 0.3 is 0 Å². The summed E-state index contributed by atoms with van der Waals surface area (Å²) < 4.78 is 24.8. The monoisotopic (exact) mass is 572 g/mol. The Labute approximate surface area is 237 Å². The summed E-state index contributed by atoms with van der Waals surface area (Å²) in [7, 11) is 1.57. The summed E-state index contributed by atoms with van der Waals surface area (Å²) in [5, 5.41) is 6.22. The summed E-state index contributed by atoms with van der Waals surface area (Å²) in [6, 6.07) is 12.2. The minimum Gasteiger partial charge on any atom is -0.496 e. The zero-order chi connectivity index (χ0) is 28.6. The molecule has 206 valence electrons. The van der Waals surface area contributed by atoms with Gasteiger partial charge in [-0.3, -0.25) is 14.6 Å². The molecule has 1 aliphatic rings. The van der Waals surface area contributed by atoms with E-state index >= 15 is 0 Å². The van der Waals surface area contributed by atoms with Gasteiger partial charge in [-0.05, 0) is 55.3 Å². The SMILES string of the molecule is COc1cc2nccc(Oc3ncc(NC(=O)C4(C(=O)Nc5ccc(F)cc5)CC4)cc3Cl)c2cc1-c1ncc[nH]1. The standard InChI is InChI=1S/C29H22ClFN6O4/c1-40-24-14-22-19(13-20(24)25-33-10-11-34-25)23(6-9-32-22)41-26-21(30)12-18(15-35-26)37-28(39)29(7-8-29)27(38)36-17-4-2-16(31)3-5-17/h2-6,9-15H,7-8H2,1H3,(H,33,34)(H,36,38)(H,37,39). The maximum absolute atomic E-state index is 13.2. The molecule has 1 aliphatic carbocycles. The van der Waals surface area contributed by atoms with E-state index in [9.17, 15) is 14.0 Å². The molecule has 0 unspecified atom stereocenters. The van der Waals surface area contributed by atoms with Gasteiger partial charge in [0.15, 0.2) is 0 Å². The second kappa shape index (κ2) is 10.5. The smallest absolute Gasteiger partial charge is 0.240 e. The molecule has 1 saturated carbocycles. The first-order valence-electron chi connectivity index (χ1n) is 12.5. The number of methoxy groups -OCH3 is 1. The third-order valence-electron chi connectivity index (χ3n) is 6.77. The highest BCUT2D eigenvalue weighted by molar-refractivity contribution is 6.32. The van der Waals surface area contributed by atoms with Gasteiger partial charge in [0.05, 0.1) is 30.1 Å². The number of halogens is 2. The number of ether oxygens (including phenoxy) is 2. The van der Waals surface area contributed by atoms with Crippen LogP contribution in [0.1, 0.15) is 12.8 Å². The molecular weight excluding hydrogens is 551 g/mol. The van der Waals surface area contributed by atoms with Crippen LogP contribution in [0.3, 0.4) is 0 Å². The first kappa shape index (κ1) is 26.2. The summed E-state index contributed by atoms with van der Waals surface area (Å²) in [6.07, 6.45) is 7.12. The Kier molecular flexibility index (Phi) is 6.72. The lowest BCUT2D eigenvalue weighted by molar-refractivity contribution is -0.131. The van der Waals surface area contributed by atoms with E-state index in [1.165, 1.54) is 36.5 Å². The van der Waals surface area contributed by atoms with Crippen molar-refractivity contribution in [3.63, 3.8) is 0 Å². The Bertz CT molecular complexity index is 1770. The average molecular weight is 573 g/mol. The normalized spacial score (nSPS) is 13.4. The summed E-state index contributed by atoms with van der Waals surface area (Å²) >= 11 is 6.49. The molecule has 6 rings (SSSR count). The number of anilines is 2. The Balaban J connectivity index is 1.20. The highest BCUT2D eigenvalue weighted by Gasteiger charge is 2.56. The molecule has 2 aromatic carbocycles. The Hall–Kier alpha value is -5.03.